The topological polar surface area (TPSA) is 56.9 Å². The molecule has 0 radical (unpaired) electrons. The molecule has 27 heavy (non-hydrogen) atoms. The van der Waals surface area contributed by atoms with Gasteiger partial charge in [-0.05, 0) is 25.5 Å². The van der Waals surface area contributed by atoms with Gasteiger partial charge in [0.25, 0.3) is 0 Å². The Bertz CT molecular complexity index is 929. The predicted octanol–water partition coefficient (Wildman–Crippen LogP) is 4.04. The lowest BCUT2D eigenvalue weighted by Gasteiger charge is -2.13. The van der Waals surface area contributed by atoms with Crippen LogP contribution < -0.4 is 10.1 Å². The molecular formula is C18H22F3N5O. The first kappa shape index (κ1) is 19.1. The SMILES string of the molecule is CCCn1c(NCc2c(C)nn(C)c2OCC(F)(F)F)nc2ccccc21. The number of alkyl halides is 3. The summed E-state index contributed by atoms with van der Waals surface area (Å²) in [6.45, 7) is 3.51. The van der Waals surface area contributed by atoms with Crippen LogP contribution in [0.4, 0.5) is 19.1 Å². The molecule has 0 bridgehead atoms. The van der Waals surface area contributed by atoms with Gasteiger partial charge in [0.15, 0.2) is 6.61 Å². The molecule has 6 nitrogen and oxygen atoms in total. The van der Waals surface area contributed by atoms with Crippen molar-refractivity contribution in [1.29, 1.82) is 0 Å². The number of hydrogen-bond donors (Lipinski definition) is 1. The molecule has 146 valence electrons. The fourth-order valence-corrected chi connectivity index (χ4v) is 3.04. The molecule has 0 fully saturated rings. The molecule has 0 unspecified atom stereocenters. The Morgan fingerprint density at radius 3 is 2.67 bits per heavy atom. The minimum Gasteiger partial charge on any atom is -0.468 e. The number of nitrogens with one attached hydrogen (secondary N) is 1. The molecule has 1 aromatic carbocycles. The van der Waals surface area contributed by atoms with Crippen LogP contribution in [0, 0.1) is 6.92 Å². The summed E-state index contributed by atoms with van der Waals surface area (Å²) in [6.07, 6.45) is -3.47. The van der Waals surface area contributed by atoms with Gasteiger partial charge < -0.3 is 14.6 Å². The zero-order valence-corrected chi connectivity index (χ0v) is 15.5. The van der Waals surface area contributed by atoms with Crippen molar-refractivity contribution < 1.29 is 17.9 Å². The van der Waals surface area contributed by atoms with Gasteiger partial charge >= 0.3 is 6.18 Å². The lowest BCUT2D eigenvalue weighted by atomic mass is 10.2. The lowest BCUT2D eigenvalue weighted by Crippen LogP contribution is -2.21. The summed E-state index contributed by atoms with van der Waals surface area (Å²) in [6, 6.07) is 7.80. The van der Waals surface area contributed by atoms with Crippen molar-refractivity contribution >= 4 is 17.0 Å². The highest BCUT2D eigenvalue weighted by Gasteiger charge is 2.30. The summed E-state index contributed by atoms with van der Waals surface area (Å²) < 4.78 is 46.0. The Morgan fingerprint density at radius 1 is 1.22 bits per heavy atom. The van der Waals surface area contributed by atoms with Gasteiger partial charge in [0.1, 0.15) is 0 Å². The lowest BCUT2D eigenvalue weighted by molar-refractivity contribution is -0.154. The van der Waals surface area contributed by atoms with Crippen LogP contribution in [-0.2, 0) is 20.1 Å². The van der Waals surface area contributed by atoms with Crippen molar-refractivity contribution in [3.8, 4) is 5.88 Å². The highest BCUT2D eigenvalue weighted by Crippen LogP contribution is 2.26. The molecule has 0 spiro atoms. The zero-order valence-electron chi connectivity index (χ0n) is 15.5. The number of hydrogen-bond acceptors (Lipinski definition) is 4. The molecule has 0 aliphatic carbocycles. The molecule has 2 aromatic heterocycles. The third-order valence-electron chi connectivity index (χ3n) is 4.19. The molecule has 0 saturated carbocycles. The molecule has 0 saturated heterocycles. The number of halogens is 3. The average molecular weight is 381 g/mol. The fourth-order valence-electron chi connectivity index (χ4n) is 3.04. The predicted molar refractivity (Wildman–Crippen MR) is 96.8 cm³/mol. The van der Waals surface area contributed by atoms with Crippen LogP contribution in [0.1, 0.15) is 24.6 Å². The van der Waals surface area contributed by atoms with E-state index in [-0.39, 0.29) is 12.4 Å². The molecular weight excluding hydrogens is 359 g/mol. The van der Waals surface area contributed by atoms with E-state index < -0.39 is 12.8 Å². The fraction of sp³-hybridized carbons (Fsp3) is 0.444. The molecule has 9 heteroatoms. The number of anilines is 1. The van der Waals surface area contributed by atoms with E-state index in [0.717, 1.165) is 24.0 Å². The van der Waals surface area contributed by atoms with Crippen LogP contribution in [0.2, 0.25) is 0 Å². The van der Waals surface area contributed by atoms with E-state index in [9.17, 15) is 13.2 Å². The Balaban J connectivity index is 1.85. The minimum atomic E-state index is -4.40. The van der Waals surface area contributed by atoms with Gasteiger partial charge in [-0.1, -0.05) is 19.1 Å². The van der Waals surface area contributed by atoms with E-state index in [1.165, 1.54) is 4.68 Å². The van der Waals surface area contributed by atoms with Gasteiger partial charge in [-0.15, -0.1) is 0 Å². The van der Waals surface area contributed by atoms with E-state index in [1.807, 2.05) is 24.3 Å². The van der Waals surface area contributed by atoms with Crippen molar-refractivity contribution in [1.82, 2.24) is 19.3 Å². The summed E-state index contributed by atoms with van der Waals surface area (Å²) in [5, 5.41) is 7.42. The van der Waals surface area contributed by atoms with Gasteiger partial charge in [0, 0.05) is 13.6 Å². The number of ether oxygens (including phenoxy) is 1. The molecule has 3 rings (SSSR count). The minimum absolute atomic E-state index is 0.107. The maximum Gasteiger partial charge on any atom is 0.422 e. The van der Waals surface area contributed by atoms with E-state index in [2.05, 4.69) is 26.9 Å². The van der Waals surface area contributed by atoms with E-state index in [4.69, 9.17) is 4.74 Å². The number of fused-ring (bicyclic) bond motifs is 1. The van der Waals surface area contributed by atoms with Gasteiger partial charge in [-0.25, -0.2) is 9.67 Å². The van der Waals surface area contributed by atoms with Crippen molar-refractivity contribution in [3.63, 3.8) is 0 Å². The standard InChI is InChI=1S/C18H22F3N5O/c1-4-9-26-15-8-6-5-7-14(15)23-17(26)22-10-13-12(2)24-25(3)16(13)27-11-18(19,20)21/h5-8H,4,9-11H2,1-3H3,(H,22,23). The highest BCUT2D eigenvalue weighted by atomic mass is 19.4. The second-order valence-corrected chi connectivity index (χ2v) is 6.33. The van der Waals surface area contributed by atoms with Crippen molar-refractivity contribution in [3.05, 3.63) is 35.5 Å². The third-order valence-corrected chi connectivity index (χ3v) is 4.19. The highest BCUT2D eigenvalue weighted by molar-refractivity contribution is 5.78. The normalized spacial score (nSPS) is 11.9. The van der Waals surface area contributed by atoms with Crippen molar-refractivity contribution in [2.45, 2.75) is 39.5 Å². The van der Waals surface area contributed by atoms with Crippen LogP contribution >= 0.6 is 0 Å². The summed E-state index contributed by atoms with van der Waals surface area (Å²) in [4.78, 5) is 4.60. The number of benzene rings is 1. The third kappa shape index (κ3) is 4.17. The monoisotopic (exact) mass is 381 g/mol. The molecule has 1 N–H and O–H groups in total. The Morgan fingerprint density at radius 2 is 1.96 bits per heavy atom. The number of para-hydroxylation sites is 2. The summed E-state index contributed by atoms with van der Waals surface area (Å²) in [5.74, 6) is 0.776. The van der Waals surface area contributed by atoms with E-state index in [1.54, 1.807) is 14.0 Å². The molecule has 0 amide bonds. The number of rotatable bonds is 7. The number of aryl methyl sites for hydroxylation is 3. The average Bonchev–Trinajstić information content (AvgIpc) is 3.08. The Labute approximate surface area is 154 Å². The van der Waals surface area contributed by atoms with Crippen LogP contribution in [0.15, 0.2) is 24.3 Å². The Kier molecular flexibility index (Phi) is 5.29. The summed E-state index contributed by atoms with van der Waals surface area (Å²) >= 11 is 0. The molecule has 0 atom stereocenters. The molecule has 0 aliphatic rings. The van der Waals surface area contributed by atoms with Crippen LogP contribution in [-0.4, -0.2) is 32.1 Å². The van der Waals surface area contributed by atoms with Gasteiger partial charge in [-0.3, -0.25) is 0 Å². The number of nitrogens with zero attached hydrogens (tertiary/aromatic N) is 4. The van der Waals surface area contributed by atoms with Gasteiger partial charge in [0.2, 0.25) is 11.8 Å². The van der Waals surface area contributed by atoms with Crippen LogP contribution in [0.25, 0.3) is 11.0 Å². The molecule has 0 aliphatic heterocycles. The smallest absolute Gasteiger partial charge is 0.422 e. The largest absolute Gasteiger partial charge is 0.468 e. The maximum atomic E-state index is 12.5. The molecule has 2 heterocycles. The number of aromatic nitrogens is 4. The summed E-state index contributed by atoms with van der Waals surface area (Å²) in [5.41, 5.74) is 3.07. The quantitative estimate of drug-likeness (QED) is 0.671. The Hall–Kier alpha value is -2.71. The van der Waals surface area contributed by atoms with Crippen molar-refractivity contribution in [2.75, 3.05) is 11.9 Å². The molecule has 3 aromatic rings. The first-order valence-corrected chi connectivity index (χ1v) is 8.71. The van der Waals surface area contributed by atoms with Crippen molar-refractivity contribution in [2.24, 2.45) is 7.05 Å². The van der Waals surface area contributed by atoms with E-state index >= 15 is 0 Å². The second kappa shape index (κ2) is 7.50. The summed E-state index contributed by atoms with van der Waals surface area (Å²) in [7, 11) is 1.56. The van der Waals surface area contributed by atoms with Gasteiger partial charge in [-0.2, -0.15) is 18.3 Å². The first-order chi connectivity index (χ1) is 12.8. The van der Waals surface area contributed by atoms with Gasteiger partial charge in [0.05, 0.1) is 28.8 Å². The maximum absolute atomic E-state index is 12.5. The number of imidazole rings is 1. The van der Waals surface area contributed by atoms with E-state index in [0.29, 0.717) is 17.2 Å². The van der Waals surface area contributed by atoms with Crippen LogP contribution in [0.3, 0.4) is 0 Å². The second-order valence-electron chi connectivity index (χ2n) is 6.33. The van der Waals surface area contributed by atoms with Crippen LogP contribution in [0.5, 0.6) is 5.88 Å². The first-order valence-electron chi connectivity index (χ1n) is 8.71. The zero-order chi connectivity index (χ0) is 19.6.